The Morgan fingerprint density at radius 1 is 1.33 bits per heavy atom. The minimum Gasteiger partial charge on any atom is -0.396 e. The molecule has 0 aliphatic rings. The Labute approximate surface area is 130 Å². The summed E-state index contributed by atoms with van der Waals surface area (Å²) in [6.45, 7) is 3.01. The molecule has 0 aliphatic heterocycles. The molecule has 114 valence electrons. The van der Waals surface area contributed by atoms with E-state index >= 15 is 0 Å². The first-order chi connectivity index (χ1) is 10.1. The molecule has 1 atom stereocenters. The van der Waals surface area contributed by atoms with E-state index < -0.39 is 0 Å². The van der Waals surface area contributed by atoms with E-state index in [0.717, 1.165) is 29.7 Å². The van der Waals surface area contributed by atoms with E-state index in [0.29, 0.717) is 17.7 Å². The minimum atomic E-state index is 0.231. The summed E-state index contributed by atoms with van der Waals surface area (Å²) in [5.74, 6) is 0. The third-order valence-electron chi connectivity index (χ3n) is 3.54. The highest BCUT2D eigenvalue weighted by Gasteiger charge is 2.16. The lowest BCUT2D eigenvalue weighted by molar-refractivity contribution is 0.276. The Morgan fingerprint density at radius 2 is 2.05 bits per heavy atom. The fourth-order valence-corrected chi connectivity index (χ4v) is 2.50. The largest absolute Gasteiger partial charge is 0.396 e. The predicted octanol–water partition coefficient (Wildman–Crippen LogP) is 2.99. The van der Waals surface area contributed by atoms with Gasteiger partial charge >= 0.3 is 0 Å². The van der Waals surface area contributed by atoms with Gasteiger partial charge in [-0.15, -0.1) is 0 Å². The van der Waals surface area contributed by atoms with Gasteiger partial charge in [-0.3, -0.25) is 4.68 Å². The molecule has 1 heterocycles. The fraction of sp³-hybridized carbons (Fsp3) is 0.438. The first-order valence-electron chi connectivity index (χ1n) is 7.24. The van der Waals surface area contributed by atoms with Crippen LogP contribution in [-0.4, -0.2) is 27.5 Å². The number of rotatable bonds is 7. The summed E-state index contributed by atoms with van der Waals surface area (Å²) in [6.07, 6.45) is 1.75. The molecule has 0 aliphatic carbocycles. The SMILES string of the molecule is CC(CCCO)NCc1c(-c2ccccc2)nn(C)c1Cl. The number of hydrogen-bond acceptors (Lipinski definition) is 3. The summed E-state index contributed by atoms with van der Waals surface area (Å²) >= 11 is 6.37. The van der Waals surface area contributed by atoms with E-state index in [9.17, 15) is 0 Å². The molecule has 4 nitrogen and oxygen atoms in total. The number of aromatic nitrogens is 2. The van der Waals surface area contributed by atoms with Crippen molar-refractivity contribution in [3.05, 3.63) is 41.0 Å². The average molecular weight is 308 g/mol. The lowest BCUT2D eigenvalue weighted by Gasteiger charge is -2.13. The van der Waals surface area contributed by atoms with Crippen LogP contribution >= 0.6 is 11.6 Å². The second-order valence-corrected chi connectivity index (χ2v) is 5.61. The zero-order valence-corrected chi connectivity index (χ0v) is 13.3. The Kier molecular flexibility index (Phi) is 5.79. The molecule has 0 saturated heterocycles. The molecule has 21 heavy (non-hydrogen) atoms. The van der Waals surface area contributed by atoms with Gasteiger partial charge in [-0.1, -0.05) is 41.9 Å². The minimum absolute atomic E-state index is 0.231. The van der Waals surface area contributed by atoms with Gasteiger partial charge in [0.2, 0.25) is 0 Å². The van der Waals surface area contributed by atoms with Gasteiger partial charge in [0.15, 0.2) is 0 Å². The third-order valence-corrected chi connectivity index (χ3v) is 4.01. The zero-order valence-electron chi connectivity index (χ0n) is 12.5. The van der Waals surface area contributed by atoms with Crippen LogP contribution in [0.4, 0.5) is 0 Å². The first kappa shape index (κ1) is 16.0. The van der Waals surface area contributed by atoms with E-state index in [2.05, 4.69) is 17.3 Å². The topological polar surface area (TPSA) is 50.1 Å². The van der Waals surface area contributed by atoms with Crippen molar-refractivity contribution in [2.75, 3.05) is 6.61 Å². The molecule has 0 amide bonds. The standard InChI is InChI=1S/C16H22ClN3O/c1-12(7-6-10-21)18-11-14-15(19-20(2)16(14)17)13-8-4-3-5-9-13/h3-5,8-9,12,18,21H,6-7,10-11H2,1-2H3. The fourth-order valence-electron chi connectivity index (χ4n) is 2.31. The van der Waals surface area contributed by atoms with Gasteiger partial charge in [0.25, 0.3) is 0 Å². The van der Waals surface area contributed by atoms with Crippen LogP contribution in [0.3, 0.4) is 0 Å². The number of nitrogens with one attached hydrogen (secondary N) is 1. The molecule has 0 fully saturated rings. The summed E-state index contributed by atoms with van der Waals surface area (Å²) < 4.78 is 1.71. The second-order valence-electron chi connectivity index (χ2n) is 5.26. The Hall–Kier alpha value is -1.36. The number of aliphatic hydroxyl groups excluding tert-OH is 1. The van der Waals surface area contributed by atoms with Gasteiger partial charge in [0.1, 0.15) is 5.15 Å². The monoisotopic (exact) mass is 307 g/mol. The molecule has 2 rings (SSSR count). The lowest BCUT2D eigenvalue weighted by Crippen LogP contribution is -2.25. The number of hydrogen-bond donors (Lipinski definition) is 2. The van der Waals surface area contributed by atoms with Gasteiger partial charge in [0, 0.05) is 37.4 Å². The van der Waals surface area contributed by atoms with Gasteiger partial charge in [-0.2, -0.15) is 5.10 Å². The third kappa shape index (κ3) is 4.06. The van der Waals surface area contributed by atoms with Crippen LogP contribution in [0.2, 0.25) is 5.15 Å². The molecular weight excluding hydrogens is 286 g/mol. The Morgan fingerprint density at radius 3 is 2.71 bits per heavy atom. The van der Waals surface area contributed by atoms with Crippen molar-refractivity contribution >= 4 is 11.6 Å². The van der Waals surface area contributed by atoms with Crippen molar-refractivity contribution in [1.29, 1.82) is 0 Å². The van der Waals surface area contributed by atoms with Gasteiger partial charge < -0.3 is 10.4 Å². The number of aliphatic hydroxyl groups is 1. The smallest absolute Gasteiger partial charge is 0.131 e. The van der Waals surface area contributed by atoms with Crippen LogP contribution < -0.4 is 5.32 Å². The van der Waals surface area contributed by atoms with Crippen molar-refractivity contribution in [3.8, 4) is 11.3 Å². The van der Waals surface area contributed by atoms with Gasteiger partial charge in [-0.05, 0) is 19.8 Å². The van der Waals surface area contributed by atoms with Crippen molar-refractivity contribution in [2.45, 2.75) is 32.4 Å². The molecule has 0 bridgehead atoms. The maximum absolute atomic E-state index is 8.88. The van der Waals surface area contributed by atoms with Crippen LogP contribution in [0, 0.1) is 0 Å². The van der Waals surface area contributed by atoms with Gasteiger partial charge in [-0.25, -0.2) is 0 Å². The molecule has 1 aromatic carbocycles. The van der Waals surface area contributed by atoms with E-state index in [4.69, 9.17) is 16.7 Å². The molecule has 1 aromatic heterocycles. The summed E-state index contributed by atoms with van der Waals surface area (Å²) in [4.78, 5) is 0. The molecule has 0 saturated carbocycles. The van der Waals surface area contributed by atoms with Crippen molar-refractivity contribution < 1.29 is 5.11 Å². The molecule has 2 N–H and O–H groups in total. The number of aryl methyl sites for hydroxylation is 1. The van der Waals surface area contributed by atoms with Crippen molar-refractivity contribution in [1.82, 2.24) is 15.1 Å². The van der Waals surface area contributed by atoms with Crippen LogP contribution in [0.5, 0.6) is 0 Å². The maximum Gasteiger partial charge on any atom is 0.131 e. The molecule has 2 aromatic rings. The molecule has 0 spiro atoms. The highest BCUT2D eigenvalue weighted by molar-refractivity contribution is 6.30. The van der Waals surface area contributed by atoms with Crippen LogP contribution in [0.1, 0.15) is 25.3 Å². The Bertz CT molecular complexity index is 568. The number of benzene rings is 1. The van der Waals surface area contributed by atoms with Crippen LogP contribution in [0.15, 0.2) is 30.3 Å². The highest BCUT2D eigenvalue weighted by atomic mass is 35.5. The lowest BCUT2D eigenvalue weighted by atomic mass is 10.1. The quantitative estimate of drug-likeness (QED) is 0.827. The molecule has 0 radical (unpaired) electrons. The summed E-state index contributed by atoms with van der Waals surface area (Å²) in [6, 6.07) is 10.4. The van der Waals surface area contributed by atoms with Gasteiger partial charge in [0.05, 0.1) is 5.69 Å². The molecule has 1 unspecified atom stereocenters. The summed E-state index contributed by atoms with van der Waals surface area (Å²) in [5.41, 5.74) is 3.01. The maximum atomic E-state index is 8.88. The van der Waals surface area contributed by atoms with Crippen molar-refractivity contribution in [3.63, 3.8) is 0 Å². The van der Waals surface area contributed by atoms with E-state index in [1.807, 2.05) is 37.4 Å². The normalized spacial score (nSPS) is 12.6. The molecule has 5 heteroatoms. The van der Waals surface area contributed by atoms with Crippen LogP contribution in [0.25, 0.3) is 11.3 Å². The molecular formula is C16H22ClN3O. The first-order valence-corrected chi connectivity index (χ1v) is 7.62. The predicted molar refractivity (Wildman–Crippen MR) is 86.3 cm³/mol. The zero-order chi connectivity index (χ0) is 15.2. The second kappa shape index (κ2) is 7.59. The summed E-state index contributed by atoms with van der Waals surface area (Å²) in [5, 5.41) is 17.5. The Balaban J connectivity index is 2.15. The summed E-state index contributed by atoms with van der Waals surface area (Å²) in [7, 11) is 1.85. The van der Waals surface area contributed by atoms with E-state index in [1.165, 1.54) is 0 Å². The average Bonchev–Trinajstić information content (AvgIpc) is 2.79. The van der Waals surface area contributed by atoms with E-state index in [1.54, 1.807) is 4.68 Å². The van der Waals surface area contributed by atoms with Crippen LogP contribution in [-0.2, 0) is 13.6 Å². The number of halogens is 1. The van der Waals surface area contributed by atoms with E-state index in [-0.39, 0.29) is 6.61 Å². The van der Waals surface area contributed by atoms with Crippen molar-refractivity contribution in [2.24, 2.45) is 7.05 Å². The number of nitrogens with zero attached hydrogens (tertiary/aromatic N) is 2. The highest BCUT2D eigenvalue weighted by Crippen LogP contribution is 2.28.